The van der Waals surface area contributed by atoms with Gasteiger partial charge in [-0.15, -0.1) is 0 Å². The molecule has 0 saturated carbocycles. The highest BCUT2D eigenvalue weighted by molar-refractivity contribution is 5.95. The van der Waals surface area contributed by atoms with Gasteiger partial charge in [0.15, 0.2) is 11.4 Å². The van der Waals surface area contributed by atoms with Gasteiger partial charge in [-0.2, -0.15) is 5.10 Å². The van der Waals surface area contributed by atoms with Gasteiger partial charge in [0.1, 0.15) is 0 Å². The zero-order chi connectivity index (χ0) is 16.4. The molecule has 2 atom stereocenters. The second-order valence-electron chi connectivity index (χ2n) is 5.78. The number of methoxy groups -OCH3 is 1. The Bertz CT molecular complexity index is 684. The lowest BCUT2D eigenvalue weighted by Gasteiger charge is -2.36. The molecule has 2 aromatic rings. The number of nitrogens with zero attached hydrogens (tertiary/aromatic N) is 3. The maximum Gasteiger partial charge on any atom is 0.278 e. The number of benzene rings is 1. The van der Waals surface area contributed by atoms with E-state index >= 15 is 0 Å². The molecule has 1 fully saturated rings. The smallest absolute Gasteiger partial charge is 0.278 e. The standard InChI is InChI=1S/C17H21N3O3/c1-12-11-23-13(2)9-19(12)17(21)16-15(22-3)10-20(18-16)14-7-5-4-6-8-14/h4-8,10,12-13H,9,11H2,1-3H3/t12-,13-/m1/s1. The minimum absolute atomic E-state index is 0.0188. The highest BCUT2D eigenvalue weighted by atomic mass is 16.5. The molecule has 0 radical (unpaired) electrons. The van der Waals surface area contributed by atoms with Crippen LogP contribution in [0.1, 0.15) is 24.3 Å². The Balaban J connectivity index is 1.92. The predicted molar refractivity (Wildman–Crippen MR) is 86.0 cm³/mol. The van der Waals surface area contributed by atoms with E-state index in [0.29, 0.717) is 24.6 Å². The van der Waals surface area contributed by atoms with Crippen molar-refractivity contribution >= 4 is 5.91 Å². The van der Waals surface area contributed by atoms with E-state index < -0.39 is 0 Å². The molecule has 1 aliphatic rings. The van der Waals surface area contributed by atoms with Gasteiger partial charge in [-0.05, 0) is 26.0 Å². The summed E-state index contributed by atoms with van der Waals surface area (Å²) < 4.78 is 12.6. The van der Waals surface area contributed by atoms with Gasteiger partial charge in [-0.25, -0.2) is 4.68 Å². The molecule has 6 nitrogen and oxygen atoms in total. The van der Waals surface area contributed by atoms with Crippen LogP contribution in [0.15, 0.2) is 36.5 Å². The first-order chi connectivity index (χ1) is 11.1. The van der Waals surface area contributed by atoms with Crippen LogP contribution in [0.3, 0.4) is 0 Å². The van der Waals surface area contributed by atoms with Crippen molar-refractivity contribution in [3.63, 3.8) is 0 Å². The zero-order valence-corrected chi connectivity index (χ0v) is 13.6. The molecule has 23 heavy (non-hydrogen) atoms. The highest BCUT2D eigenvalue weighted by Gasteiger charge is 2.31. The van der Waals surface area contributed by atoms with Crippen LogP contribution in [0.4, 0.5) is 0 Å². The topological polar surface area (TPSA) is 56.6 Å². The highest BCUT2D eigenvalue weighted by Crippen LogP contribution is 2.23. The monoisotopic (exact) mass is 315 g/mol. The molecule has 0 N–H and O–H groups in total. The maximum absolute atomic E-state index is 12.9. The molecule has 1 amide bonds. The van der Waals surface area contributed by atoms with Gasteiger partial charge in [0.25, 0.3) is 5.91 Å². The van der Waals surface area contributed by atoms with Gasteiger partial charge < -0.3 is 14.4 Å². The molecule has 6 heteroatoms. The molecule has 0 unspecified atom stereocenters. The van der Waals surface area contributed by atoms with E-state index in [1.165, 1.54) is 0 Å². The summed E-state index contributed by atoms with van der Waals surface area (Å²) >= 11 is 0. The summed E-state index contributed by atoms with van der Waals surface area (Å²) in [6.07, 6.45) is 1.76. The number of para-hydroxylation sites is 1. The van der Waals surface area contributed by atoms with Crippen LogP contribution in [-0.2, 0) is 4.74 Å². The summed E-state index contributed by atoms with van der Waals surface area (Å²) in [5.74, 6) is 0.351. The van der Waals surface area contributed by atoms with E-state index in [-0.39, 0.29) is 18.1 Å². The van der Waals surface area contributed by atoms with E-state index in [1.54, 1.807) is 22.9 Å². The molecule has 3 rings (SSSR count). The fourth-order valence-electron chi connectivity index (χ4n) is 2.69. The second kappa shape index (κ2) is 6.42. The van der Waals surface area contributed by atoms with Gasteiger partial charge in [0.05, 0.1) is 37.7 Å². The Labute approximate surface area is 135 Å². The Morgan fingerprint density at radius 2 is 2.04 bits per heavy atom. The second-order valence-corrected chi connectivity index (χ2v) is 5.78. The fraction of sp³-hybridized carbons (Fsp3) is 0.412. The summed E-state index contributed by atoms with van der Waals surface area (Å²) in [7, 11) is 1.55. The number of morpholine rings is 1. The summed E-state index contributed by atoms with van der Waals surface area (Å²) in [6.45, 7) is 5.03. The van der Waals surface area contributed by atoms with E-state index in [2.05, 4.69) is 5.10 Å². The van der Waals surface area contributed by atoms with Crippen molar-refractivity contribution in [3.05, 3.63) is 42.2 Å². The predicted octanol–water partition coefficient (Wildman–Crippen LogP) is 2.13. The van der Waals surface area contributed by atoms with Crippen molar-refractivity contribution < 1.29 is 14.3 Å². The number of ether oxygens (including phenoxy) is 2. The van der Waals surface area contributed by atoms with Crippen molar-refractivity contribution in [3.8, 4) is 11.4 Å². The van der Waals surface area contributed by atoms with Crippen molar-refractivity contribution in [2.24, 2.45) is 0 Å². The minimum Gasteiger partial charge on any atom is -0.493 e. The minimum atomic E-state index is -0.126. The molecule has 122 valence electrons. The van der Waals surface area contributed by atoms with E-state index in [0.717, 1.165) is 5.69 Å². The average Bonchev–Trinajstić information content (AvgIpc) is 3.01. The SMILES string of the molecule is COc1cn(-c2ccccc2)nc1C(=O)N1C[C@@H](C)OC[C@H]1C. The van der Waals surface area contributed by atoms with Crippen molar-refractivity contribution in [1.29, 1.82) is 0 Å². The van der Waals surface area contributed by atoms with Crippen molar-refractivity contribution in [2.75, 3.05) is 20.3 Å². The third-order valence-corrected chi connectivity index (χ3v) is 3.99. The van der Waals surface area contributed by atoms with Crippen LogP contribution in [-0.4, -0.2) is 53.0 Å². The summed E-state index contributed by atoms with van der Waals surface area (Å²) in [6, 6.07) is 9.67. The molecule has 0 spiro atoms. The maximum atomic E-state index is 12.9. The van der Waals surface area contributed by atoms with Crippen LogP contribution in [0.5, 0.6) is 5.75 Å². The van der Waals surface area contributed by atoms with Gasteiger partial charge in [-0.3, -0.25) is 4.79 Å². The number of carbonyl (C=O) groups is 1. The van der Waals surface area contributed by atoms with E-state index in [4.69, 9.17) is 9.47 Å². The molecular formula is C17H21N3O3. The number of hydrogen-bond acceptors (Lipinski definition) is 4. The molecule has 1 aromatic heterocycles. The first-order valence-electron chi connectivity index (χ1n) is 7.71. The lowest BCUT2D eigenvalue weighted by molar-refractivity contribution is -0.0390. The van der Waals surface area contributed by atoms with E-state index in [9.17, 15) is 4.79 Å². The molecule has 1 aromatic carbocycles. The van der Waals surface area contributed by atoms with Gasteiger partial charge in [0, 0.05) is 6.54 Å². The Morgan fingerprint density at radius 3 is 2.74 bits per heavy atom. The van der Waals surface area contributed by atoms with Crippen molar-refractivity contribution in [1.82, 2.24) is 14.7 Å². The first-order valence-corrected chi connectivity index (χ1v) is 7.71. The molecule has 0 aliphatic carbocycles. The summed E-state index contributed by atoms with van der Waals surface area (Å²) in [4.78, 5) is 14.7. The van der Waals surface area contributed by atoms with Crippen LogP contribution >= 0.6 is 0 Å². The zero-order valence-electron chi connectivity index (χ0n) is 13.6. The van der Waals surface area contributed by atoms with Crippen LogP contribution in [0.25, 0.3) is 5.69 Å². The quantitative estimate of drug-likeness (QED) is 0.871. The van der Waals surface area contributed by atoms with E-state index in [1.807, 2.05) is 44.2 Å². The summed E-state index contributed by atoms with van der Waals surface area (Å²) in [5.41, 5.74) is 1.21. The lowest BCUT2D eigenvalue weighted by Crippen LogP contribution is -2.50. The Hall–Kier alpha value is -2.34. The Kier molecular flexibility index (Phi) is 4.34. The van der Waals surface area contributed by atoms with Gasteiger partial charge in [0.2, 0.25) is 0 Å². The van der Waals surface area contributed by atoms with Gasteiger partial charge >= 0.3 is 0 Å². The molecule has 2 heterocycles. The number of carbonyl (C=O) groups excluding carboxylic acids is 1. The van der Waals surface area contributed by atoms with Crippen LogP contribution in [0, 0.1) is 0 Å². The molecular weight excluding hydrogens is 294 g/mol. The molecule has 0 bridgehead atoms. The summed E-state index contributed by atoms with van der Waals surface area (Å²) in [5, 5.41) is 4.45. The molecule has 1 saturated heterocycles. The third-order valence-electron chi connectivity index (χ3n) is 3.99. The number of aromatic nitrogens is 2. The van der Waals surface area contributed by atoms with Gasteiger partial charge in [-0.1, -0.05) is 18.2 Å². The Morgan fingerprint density at radius 1 is 1.30 bits per heavy atom. The average molecular weight is 315 g/mol. The van der Waals surface area contributed by atoms with Crippen molar-refractivity contribution in [2.45, 2.75) is 26.0 Å². The number of amides is 1. The van der Waals surface area contributed by atoms with Crippen LogP contribution < -0.4 is 4.74 Å². The molecule has 1 aliphatic heterocycles. The fourth-order valence-corrected chi connectivity index (χ4v) is 2.69. The number of hydrogen-bond donors (Lipinski definition) is 0. The first kappa shape index (κ1) is 15.6. The number of rotatable bonds is 3. The van der Waals surface area contributed by atoms with Crippen LogP contribution in [0.2, 0.25) is 0 Å². The third kappa shape index (κ3) is 3.07. The largest absolute Gasteiger partial charge is 0.493 e. The normalized spacial score (nSPS) is 21.3. The lowest BCUT2D eigenvalue weighted by atomic mass is 10.2.